The summed E-state index contributed by atoms with van der Waals surface area (Å²) in [4.78, 5) is 40.8. The van der Waals surface area contributed by atoms with Crippen molar-refractivity contribution in [3.05, 3.63) is 52.5 Å². The molecule has 2 aliphatic heterocycles. The Hall–Kier alpha value is -3.20. The number of carboxylic acids is 2. The van der Waals surface area contributed by atoms with E-state index in [2.05, 4.69) is 32.3 Å². The van der Waals surface area contributed by atoms with Crippen LogP contribution in [0.5, 0.6) is 0 Å². The zero-order valence-corrected chi connectivity index (χ0v) is 21.4. The monoisotopic (exact) mass is 583 g/mol. The minimum absolute atomic E-state index is 0.254. The van der Waals surface area contributed by atoms with E-state index in [-0.39, 0.29) is 5.91 Å². The largest absolute Gasteiger partial charge is 0.490 e. The second-order valence-electron chi connectivity index (χ2n) is 9.10. The molecule has 2 N–H and O–H groups in total. The van der Waals surface area contributed by atoms with Crippen molar-refractivity contribution in [3.63, 3.8) is 0 Å². The number of hydrogen-bond acceptors (Lipinski definition) is 6. The van der Waals surface area contributed by atoms with Crippen molar-refractivity contribution >= 4 is 29.2 Å². The molecule has 1 spiro atoms. The summed E-state index contributed by atoms with van der Waals surface area (Å²) in [7, 11) is 0. The fourth-order valence-electron chi connectivity index (χ4n) is 4.33. The molecular formula is C24H27F6N3O5S. The number of pyridine rings is 1. The predicted molar refractivity (Wildman–Crippen MR) is 128 cm³/mol. The molecule has 0 aliphatic carbocycles. The number of carbonyl (C=O) groups excluding carboxylic acids is 1. The van der Waals surface area contributed by atoms with Crippen molar-refractivity contribution < 1.29 is 50.9 Å². The maximum Gasteiger partial charge on any atom is 0.490 e. The maximum absolute atomic E-state index is 12.7. The molecule has 15 heteroatoms. The van der Waals surface area contributed by atoms with Gasteiger partial charge in [-0.1, -0.05) is 12.1 Å². The zero-order valence-electron chi connectivity index (χ0n) is 20.5. The van der Waals surface area contributed by atoms with Crippen molar-refractivity contribution in [1.82, 2.24) is 14.8 Å². The molecule has 0 saturated carbocycles. The number of rotatable bonds is 4. The van der Waals surface area contributed by atoms with Crippen LogP contribution in [-0.2, 0) is 27.3 Å². The number of aromatic nitrogens is 1. The molecular weight excluding hydrogens is 556 g/mol. The highest BCUT2D eigenvalue weighted by atomic mass is 32.1. The Bertz CT molecular complexity index is 1060. The molecule has 0 bridgehead atoms. The Balaban J connectivity index is 0.000000317. The third-order valence-electron chi connectivity index (χ3n) is 6.05. The van der Waals surface area contributed by atoms with Crippen LogP contribution >= 0.6 is 11.3 Å². The van der Waals surface area contributed by atoms with Gasteiger partial charge >= 0.3 is 24.3 Å². The predicted octanol–water partition coefficient (Wildman–Crippen LogP) is 4.47. The highest BCUT2D eigenvalue weighted by molar-refractivity contribution is 7.09. The van der Waals surface area contributed by atoms with Crippen LogP contribution in [0.15, 0.2) is 42.0 Å². The number of piperidine rings is 1. The Kier molecular flexibility index (Phi) is 11.3. The lowest BCUT2D eigenvalue weighted by Crippen LogP contribution is -2.47. The van der Waals surface area contributed by atoms with Crippen LogP contribution in [-0.4, -0.2) is 81.4 Å². The smallest absolute Gasteiger partial charge is 0.475 e. The number of carboxylic acid groups (broad SMARTS) is 2. The first-order chi connectivity index (χ1) is 18.1. The lowest BCUT2D eigenvalue weighted by Gasteiger charge is -2.40. The van der Waals surface area contributed by atoms with Gasteiger partial charge in [0.15, 0.2) is 0 Å². The van der Waals surface area contributed by atoms with Gasteiger partial charge in [-0.15, -0.1) is 11.3 Å². The molecule has 2 aromatic heterocycles. The number of thiophene rings is 1. The van der Waals surface area contributed by atoms with Crippen LogP contribution in [0.4, 0.5) is 26.3 Å². The third kappa shape index (κ3) is 10.8. The van der Waals surface area contributed by atoms with Crippen LogP contribution in [0.3, 0.4) is 0 Å². The zero-order chi connectivity index (χ0) is 29.3. The quantitative estimate of drug-likeness (QED) is 0.511. The Morgan fingerprint density at radius 3 is 2.10 bits per heavy atom. The number of alkyl halides is 6. The first-order valence-electron chi connectivity index (χ1n) is 11.6. The van der Waals surface area contributed by atoms with Crippen molar-refractivity contribution in [1.29, 1.82) is 0 Å². The van der Waals surface area contributed by atoms with Crippen LogP contribution in [0, 0.1) is 5.41 Å². The van der Waals surface area contributed by atoms with E-state index < -0.39 is 24.3 Å². The van der Waals surface area contributed by atoms with Gasteiger partial charge in [0.1, 0.15) is 0 Å². The average Bonchev–Trinajstić information content (AvgIpc) is 3.50. The lowest BCUT2D eigenvalue weighted by molar-refractivity contribution is -0.193. The van der Waals surface area contributed by atoms with Crippen LogP contribution in [0.25, 0.3) is 0 Å². The number of nitrogens with zero attached hydrogens (tertiary/aromatic N) is 3. The Morgan fingerprint density at radius 2 is 1.59 bits per heavy atom. The van der Waals surface area contributed by atoms with Gasteiger partial charge in [-0.05, 0) is 48.9 Å². The molecule has 2 saturated heterocycles. The van der Waals surface area contributed by atoms with Crippen LogP contribution < -0.4 is 0 Å². The van der Waals surface area contributed by atoms with Crippen molar-refractivity contribution in [2.24, 2.45) is 5.41 Å². The molecule has 1 amide bonds. The number of carbonyl (C=O) groups is 3. The van der Waals surface area contributed by atoms with Crippen molar-refractivity contribution in [2.45, 2.75) is 44.6 Å². The SMILES string of the molecule is O=C(Cc1cccnc1)N1CCCC2(CCN(Cc3cccs3)C2)C1.O=C(O)C(F)(F)F.O=C(O)C(F)(F)F. The van der Waals surface area contributed by atoms with E-state index in [0.717, 1.165) is 44.7 Å². The second kappa shape index (κ2) is 13.7. The summed E-state index contributed by atoms with van der Waals surface area (Å²) in [6.45, 7) is 5.17. The normalized spacial score (nSPS) is 19.5. The Morgan fingerprint density at radius 1 is 0.949 bits per heavy atom. The van der Waals surface area contributed by atoms with Crippen molar-refractivity contribution in [2.75, 3.05) is 26.2 Å². The molecule has 2 aromatic rings. The van der Waals surface area contributed by atoms with Gasteiger partial charge in [-0.3, -0.25) is 14.7 Å². The minimum Gasteiger partial charge on any atom is -0.475 e. The number of aliphatic carboxylic acids is 2. The van der Waals surface area contributed by atoms with Gasteiger partial charge in [0.05, 0.1) is 6.42 Å². The standard InChI is InChI=1S/C20H25N3OS.2C2HF3O2/c24-19(12-17-4-1-8-21-13-17)23-9-3-6-20(16-23)7-10-22(15-20)14-18-5-2-11-25-18;2*3-2(4,5)1(6)7/h1-2,4-5,8,11,13H,3,6-7,9-10,12,14-16H2;2*(H,6,7). The molecule has 2 aliphatic rings. The summed E-state index contributed by atoms with van der Waals surface area (Å²) in [5, 5.41) is 16.4. The lowest BCUT2D eigenvalue weighted by atomic mass is 9.79. The van der Waals surface area contributed by atoms with Gasteiger partial charge in [-0.25, -0.2) is 9.59 Å². The summed E-state index contributed by atoms with van der Waals surface area (Å²) < 4.78 is 63.5. The third-order valence-corrected chi connectivity index (χ3v) is 6.92. The number of amides is 1. The topological polar surface area (TPSA) is 111 Å². The van der Waals surface area contributed by atoms with Gasteiger partial charge in [-0.2, -0.15) is 26.3 Å². The summed E-state index contributed by atoms with van der Waals surface area (Å²) in [5.74, 6) is -5.26. The van der Waals surface area contributed by atoms with Gasteiger partial charge < -0.3 is 15.1 Å². The molecule has 8 nitrogen and oxygen atoms in total. The van der Waals surface area contributed by atoms with Crippen molar-refractivity contribution in [3.8, 4) is 0 Å². The maximum atomic E-state index is 12.7. The molecule has 39 heavy (non-hydrogen) atoms. The molecule has 1 atom stereocenters. The van der Waals surface area contributed by atoms with Gasteiger partial charge in [0, 0.05) is 48.9 Å². The molecule has 4 heterocycles. The van der Waals surface area contributed by atoms with E-state index >= 15 is 0 Å². The summed E-state index contributed by atoms with van der Waals surface area (Å²) in [6, 6.07) is 8.24. The van der Waals surface area contributed by atoms with E-state index in [1.54, 1.807) is 12.4 Å². The Labute approximate surface area is 223 Å². The summed E-state index contributed by atoms with van der Waals surface area (Å²) >= 11 is 1.84. The second-order valence-corrected chi connectivity index (χ2v) is 10.1. The van der Waals surface area contributed by atoms with E-state index in [1.807, 2.05) is 23.5 Å². The number of likely N-dealkylation sites (tertiary alicyclic amines) is 2. The van der Waals surface area contributed by atoms with Crippen LogP contribution in [0.1, 0.15) is 29.7 Å². The van der Waals surface area contributed by atoms with E-state index in [0.29, 0.717) is 11.8 Å². The molecule has 1 unspecified atom stereocenters. The van der Waals surface area contributed by atoms with Crippen LogP contribution in [0.2, 0.25) is 0 Å². The molecule has 0 aromatic carbocycles. The highest BCUT2D eigenvalue weighted by Gasteiger charge is 2.42. The fraction of sp³-hybridized carbons (Fsp3) is 0.500. The highest BCUT2D eigenvalue weighted by Crippen LogP contribution is 2.39. The first kappa shape index (κ1) is 32.0. The molecule has 216 valence electrons. The van der Waals surface area contributed by atoms with E-state index in [9.17, 15) is 31.1 Å². The molecule has 4 rings (SSSR count). The van der Waals surface area contributed by atoms with Gasteiger partial charge in [0.2, 0.25) is 5.91 Å². The summed E-state index contributed by atoms with van der Waals surface area (Å²) in [6.07, 6.45) is -2.53. The average molecular weight is 584 g/mol. The number of halogens is 6. The van der Waals surface area contributed by atoms with E-state index in [1.165, 1.54) is 17.7 Å². The summed E-state index contributed by atoms with van der Waals surface area (Å²) in [5.41, 5.74) is 1.32. The molecule has 2 fully saturated rings. The first-order valence-corrected chi connectivity index (χ1v) is 12.5. The minimum atomic E-state index is -5.08. The number of hydrogen-bond donors (Lipinski definition) is 2. The van der Waals surface area contributed by atoms with Gasteiger partial charge in [0.25, 0.3) is 0 Å². The van der Waals surface area contributed by atoms with E-state index in [4.69, 9.17) is 19.8 Å². The molecule has 0 radical (unpaired) electrons. The fourth-order valence-corrected chi connectivity index (χ4v) is 5.07.